The number of anilines is 1. The minimum atomic E-state index is 0.610. The molecule has 17 heavy (non-hydrogen) atoms. The van der Waals surface area contributed by atoms with Crippen molar-refractivity contribution in [2.75, 3.05) is 23.6 Å². The molecule has 1 atom stereocenters. The fraction of sp³-hybridized carbons (Fsp3) is 0.667. The fourth-order valence-electron chi connectivity index (χ4n) is 2.35. The second-order valence-corrected chi connectivity index (χ2v) is 5.44. The standard InChI is InChI=1S/C12H18ClN3S/c1-17-12-8-11(14-9-15-12)16-7-3-5-10(16)4-2-6-13/h8-10H,2-7H2,1H3. The normalized spacial score (nSPS) is 19.9. The summed E-state index contributed by atoms with van der Waals surface area (Å²) in [4.78, 5) is 11.0. The lowest BCUT2D eigenvalue weighted by Gasteiger charge is -2.25. The Labute approximate surface area is 112 Å². The lowest BCUT2D eigenvalue weighted by molar-refractivity contribution is 0.597. The number of rotatable bonds is 5. The minimum absolute atomic E-state index is 0.610. The minimum Gasteiger partial charge on any atom is -0.354 e. The number of aromatic nitrogens is 2. The molecule has 0 radical (unpaired) electrons. The van der Waals surface area contributed by atoms with Gasteiger partial charge in [-0.25, -0.2) is 9.97 Å². The monoisotopic (exact) mass is 271 g/mol. The molecular weight excluding hydrogens is 254 g/mol. The number of hydrogen-bond donors (Lipinski definition) is 0. The second-order valence-electron chi connectivity index (χ2n) is 4.24. The Hall–Kier alpha value is -0.480. The molecule has 0 spiro atoms. The van der Waals surface area contributed by atoms with Crippen LogP contribution in [0.2, 0.25) is 0 Å². The van der Waals surface area contributed by atoms with Gasteiger partial charge in [-0.05, 0) is 31.9 Å². The molecule has 1 unspecified atom stereocenters. The van der Waals surface area contributed by atoms with Crippen LogP contribution in [0.15, 0.2) is 17.4 Å². The summed E-state index contributed by atoms with van der Waals surface area (Å²) in [6, 6.07) is 2.70. The van der Waals surface area contributed by atoms with E-state index in [1.54, 1.807) is 18.1 Å². The lowest BCUT2D eigenvalue weighted by Crippen LogP contribution is -2.30. The first-order valence-corrected chi connectivity index (χ1v) is 7.79. The molecule has 1 aromatic rings. The maximum atomic E-state index is 5.77. The quantitative estimate of drug-likeness (QED) is 0.467. The summed E-state index contributed by atoms with van der Waals surface area (Å²) in [5, 5.41) is 1.04. The molecule has 1 aromatic heterocycles. The Morgan fingerprint density at radius 3 is 3.18 bits per heavy atom. The van der Waals surface area contributed by atoms with E-state index < -0.39 is 0 Å². The maximum Gasteiger partial charge on any atom is 0.133 e. The summed E-state index contributed by atoms with van der Waals surface area (Å²) >= 11 is 7.44. The van der Waals surface area contributed by atoms with Crippen LogP contribution in [0.3, 0.4) is 0 Å². The zero-order valence-electron chi connectivity index (χ0n) is 10.1. The summed E-state index contributed by atoms with van der Waals surface area (Å²) in [5.74, 6) is 1.82. The van der Waals surface area contributed by atoms with Crippen molar-refractivity contribution >= 4 is 29.2 Å². The largest absolute Gasteiger partial charge is 0.354 e. The SMILES string of the molecule is CSc1cc(N2CCCC2CCCCl)ncn1. The molecular formula is C12H18ClN3S. The van der Waals surface area contributed by atoms with E-state index in [-0.39, 0.29) is 0 Å². The van der Waals surface area contributed by atoms with Gasteiger partial charge < -0.3 is 4.90 Å². The summed E-state index contributed by atoms with van der Waals surface area (Å²) in [6.45, 7) is 1.11. The number of halogens is 1. The molecule has 2 heterocycles. The molecule has 0 amide bonds. The van der Waals surface area contributed by atoms with Crippen molar-refractivity contribution in [3.8, 4) is 0 Å². The molecule has 1 fully saturated rings. The Balaban J connectivity index is 2.08. The van der Waals surface area contributed by atoms with E-state index in [1.807, 2.05) is 6.26 Å². The molecule has 3 nitrogen and oxygen atoms in total. The van der Waals surface area contributed by atoms with Gasteiger partial charge >= 0.3 is 0 Å². The van der Waals surface area contributed by atoms with Crippen LogP contribution in [0.1, 0.15) is 25.7 Å². The van der Waals surface area contributed by atoms with Crippen molar-refractivity contribution in [2.24, 2.45) is 0 Å². The molecule has 0 aliphatic carbocycles. The third-order valence-corrected chi connectivity index (χ3v) is 4.09. The molecule has 1 aliphatic heterocycles. The van der Waals surface area contributed by atoms with Crippen molar-refractivity contribution in [1.82, 2.24) is 9.97 Å². The van der Waals surface area contributed by atoms with Crippen LogP contribution in [0.25, 0.3) is 0 Å². The van der Waals surface area contributed by atoms with Crippen LogP contribution in [0.5, 0.6) is 0 Å². The van der Waals surface area contributed by atoms with Gasteiger partial charge in [0.25, 0.3) is 0 Å². The van der Waals surface area contributed by atoms with E-state index in [0.717, 1.165) is 29.7 Å². The average molecular weight is 272 g/mol. The molecule has 0 aromatic carbocycles. The van der Waals surface area contributed by atoms with E-state index in [9.17, 15) is 0 Å². The van der Waals surface area contributed by atoms with Crippen LogP contribution in [0.4, 0.5) is 5.82 Å². The summed E-state index contributed by atoms with van der Waals surface area (Å²) < 4.78 is 0. The van der Waals surface area contributed by atoms with Crippen LogP contribution in [-0.4, -0.2) is 34.7 Å². The molecule has 1 saturated heterocycles. The number of hydrogen-bond acceptors (Lipinski definition) is 4. The van der Waals surface area contributed by atoms with Gasteiger partial charge in [-0.15, -0.1) is 23.4 Å². The molecule has 5 heteroatoms. The topological polar surface area (TPSA) is 29.0 Å². The van der Waals surface area contributed by atoms with Gasteiger partial charge in [0, 0.05) is 24.5 Å². The van der Waals surface area contributed by atoms with E-state index >= 15 is 0 Å². The van der Waals surface area contributed by atoms with Crippen LogP contribution in [-0.2, 0) is 0 Å². The zero-order chi connectivity index (χ0) is 12.1. The third kappa shape index (κ3) is 3.26. The predicted octanol–water partition coefficient (Wildman–Crippen LogP) is 3.19. The highest BCUT2D eigenvalue weighted by Gasteiger charge is 2.25. The van der Waals surface area contributed by atoms with Gasteiger partial charge in [0.1, 0.15) is 17.2 Å². The number of thioether (sulfide) groups is 1. The number of alkyl halides is 1. The highest BCUT2D eigenvalue weighted by molar-refractivity contribution is 7.98. The molecule has 2 rings (SSSR count). The zero-order valence-corrected chi connectivity index (χ0v) is 11.7. The van der Waals surface area contributed by atoms with Crippen molar-refractivity contribution in [1.29, 1.82) is 0 Å². The first-order chi connectivity index (χ1) is 8.35. The highest BCUT2D eigenvalue weighted by Crippen LogP contribution is 2.28. The van der Waals surface area contributed by atoms with Gasteiger partial charge in [-0.1, -0.05) is 0 Å². The maximum absolute atomic E-state index is 5.77. The summed E-state index contributed by atoms with van der Waals surface area (Å²) in [7, 11) is 0. The molecule has 1 aliphatic rings. The number of nitrogens with zero attached hydrogens (tertiary/aromatic N) is 3. The molecule has 0 bridgehead atoms. The Bertz CT molecular complexity index is 361. The van der Waals surface area contributed by atoms with Gasteiger partial charge in [0.2, 0.25) is 0 Å². The second kappa shape index (κ2) is 6.45. The Kier molecular flexibility index (Phi) is 4.92. The molecule has 94 valence electrons. The first kappa shape index (κ1) is 13.0. The summed E-state index contributed by atoms with van der Waals surface area (Å²) in [6.07, 6.45) is 8.48. The van der Waals surface area contributed by atoms with Crippen molar-refractivity contribution in [3.63, 3.8) is 0 Å². The van der Waals surface area contributed by atoms with Crippen LogP contribution >= 0.6 is 23.4 Å². The van der Waals surface area contributed by atoms with Gasteiger partial charge in [-0.2, -0.15) is 0 Å². The van der Waals surface area contributed by atoms with E-state index in [1.165, 1.54) is 19.3 Å². The van der Waals surface area contributed by atoms with E-state index in [2.05, 4.69) is 20.9 Å². The Morgan fingerprint density at radius 2 is 2.41 bits per heavy atom. The average Bonchev–Trinajstić information content (AvgIpc) is 2.84. The van der Waals surface area contributed by atoms with E-state index in [4.69, 9.17) is 11.6 Å². The smallest absolute Gasteiger partial charge is 0.133 e. The molecule has 0 N–H and O–H groups in total. The Morgan fingerprint density at radius 1 is 1.53 bits per heavy atom. The van der Waals surface area contributed by atoms with Crippen molar-refractivity contribution in [3.05, 3.63) is 12.4 Å². The predicted molar refractivity (Wildman–Crippen MR) is 74.1 cm³/mol. The van der Waals surface area contributed by atoms with Crippen molar-refractivity contribution < 1.29 is 0 Å². The van der Waals surface area contributed by atoms with Gasteiger partial charge in [-0.3, -0.25) is 0 Å². The van der Waals surface area contributed by atoms with Gasteiger partial charge in [0.15, 0.2) is 0 Å². The molecule has 0 saturated carbocycles. The van der Waals surface area contributed by atoms with Gasteiger partial charge in [0.05, 0.1) is 0 Å². The van der Waals surface area contributed by atoms with Crippen LogP contribution < -0.4 is 4.90 Å². The third-order valence-electron chi connectivity index (χ3n) is 3.18. The first-order valence-electron chi connectivity index (χ1n) is 6.04. The van der Waals surface area contributed by atoms with Crippen molar-refractivity contribution in [2.45, 2.75) is 36.8 Å². The van der Waals surface area contributed by atoms with E-state index in [0.29, 0.717) is 6.04 Å². The lowest BCUT2D eigenvalue weighted by atomic mass is 10.1. The summed E-state index contributed by atoms with van der Waals surface area (Å²) in [5.41, 5.74) is 0. The van der Waals surface area contributed by atoms with Crippen LogP contribution in [0, 0.1) is 0 Å². The highest BCUT2D eigenvalue weighted by atomic mass is 35.5. The fourth-order valence-corrected chi connectivity index (χ4v) is 2.88.